The van der Waals surface area contributed by atoms with Crippen LogP contribution in [0.1, 0.15) is 63.5 Å². The summed E-state index contributed by atoms with van der Waals surface area (Å²) in [7, 11) is 0. The van der Waals surface area contributed by atoms with E-state index in [2.05, 4.69) is 38.1 Å². The van der Waals surface area contributed by atoms with Gasteiger partial charge in [0.25, 0.3) is 0 Å². The van der Waals surface area contributed by atoms with Gasteiger partial charge in [0.15, 0.2) is 0 Å². The molecule has 0 N–H and O–H groups in total. The Kier molecular flexibility index (Phi) is 3.54. The molecule has 0 amide bonds. The predicted molar refractivity (Wildman–Crippen MR) is 82.9 cm³/mol. The number of carbonyl (C=O) groups excluding carboxylic acids is 1. The monoisotopic (exact) mass is 268 g/mol. The minimum Gasteiger partial charge on any atom is -0.298 e. The topological polar surface area (TPSA) is 17.1 Å². The highest BCUT2D eigenvalue weighted by Crippen LogP contribution is 2.44. The van der Waals surface area contributed by atoms with Crippen molar-refractivity contribution in [3.8, 4) is 0 Å². The first kappa shape index (κ1) is 13.6. The SMILES string of the molecule is C/C1=C(\C)Cc2ccccc2C2(CCCCC2)C(=O)C1. The number of allylic oxidation sites excluding steroid dienone is 2. The van der Waals surface area contributed by atoms with Crippen molar-refractivity contribution in [2.75, 3.05) is 0 Å². The van der Waals surface area contributed by atoms with Crippen LogP contribution in [-0.2, 0) is 16.6 Å². The van der Waals surface area contributed by atoms with Crippen molar-refractivity contribution in [1.29, 1.82) is 0 Å². The molecule has 0 aromatic heterocycles. The average molecular weight is 268 g/mol. The molecule has 106 valence electrons. The van der Waals surface area contributed by atoms with E-state index in [-0.39, 0.29) is 5.41 Å². The second-order valence-electron chi connectivity index (χ2n) is 6.64. The zero-order chi connectivity index (χ0) is 14.2. The van der Waals surface area contributed by atoms with E-state index in [4.69, 9.17) is 0 Å². The van der Waals surface area contributed by atoms with Gasteiger partial charge in [0.05, 0.1) is 5.41 Å². The summed E-state index contributed by atoms with van der Waals surface area (Å²) in [5.41, 5.74) is 5.18. The van der Waals surface area contributed by atoms with Gasteiger partial charge in [0.2, 0.25) is 0 Å². The minimum atomic E-state index is -0.184. The number of carbonyl (C=O) groups is 1. The first-order valence-electron chi connectivity index (χ1n) is 7.90. The standard InChI is InChI=1S/C19H24O/c1-14-12-16-8-4-5-9-17(16)19(10-6-3-7-11-19)18(20)13-15(14)2/h4-5,8-9H,3,6-7,10-13H2,1-2H3/b15-14-. The minimum absolute atomic E-state index is 0.184. The molecule has 1 fully saturated rings. The maximum atomic E-state index is 13.0. The van der Waals surface area contributed by atoms with Gasteiger partial charge in [0, 0.05) is 6.42 Å². The third-order valence-electron chi connectivity index (χ3n) is 5.38. The Labute approximate surface area is 122 Å². The second kappa shape index (κ2) is 5.20. The van der Waals surface area contributed by atoms with Gasteiger partial charge in [-0.1, -0.05) is 54.7 Å². The number of rotatable bonds is 0. The van der Waals surface area contributed by atoms with Gasteiger partial charge in [-0.3, -0.25) is 4.79 Å². The fraction of sp³-hybridized carbons (Fsp3) is 0.526. The molecule has 1 nitrogen and oxygen atoms in total. The Hall–Kier alpha value is -1.37. The molecule has 1 spiro atoms. The molecule has 1 aromatic carbocycles. The van der Waals surface area contributed by atoms with E-state index in [0.717, 1.165) is 19.3 Å². The normalized spacial score (nSPS) is 26.0. The molecule has 0 bridgehead atoms. The first-order chi connectivity index (χ1) is 9.63. The molecular weight excluding hydrogens is 244 g/mol. The zero-order valence-corrected chi connectivity index (χ0v) is 12.7. The van der Waals surface area contributed by atoms with Gasteiger partial charge >= 0.3 is 0 Å². The Morgan fingerprint density at radius 3 is 2.30 bits per heavy atom. The van der Waals surface area contributed by atoms with E-state index < -0.39 is 0 Å². The smallest absolute Gasteiger partial charge is 0.147 e. The molecular formula is C19H24O. The van der Waals surface area contributed by atoms with E-state index in [1.165, 1.54) is 41.5 Å². The summed E-state index contributed by atoms with van der Waals surface area (Å²) in [4.78, 5) is 13.0. The summed E-state index contributed by atoms with van der Waals surface area (Å²) < 4.78 is 0. The summed E-state index contributed by atoms with van der Waals surface area (Å²) in [5, 5.41) is 0. The van der Waals surface area contributed by atoms with E-state index in [0.29, 0.717) is 12.2 Å². The van der Waals surface area contributed by atoms with Gasteiger partial charge in [-0.2, -0.15) is 0 Å². The van der Waals surface area contributed by atoms with Gasteiger partial charge in [0.1, 0.15) is 5.78 Å². The molecule has 0 radical (unpaired) electrons. The van der Waals surface area contributed by atoms with E-state index in [9.17, 15) is 4.79 Å². The van der Waals surface area contributed by atoms with E-state index >= 15 is 0 Å². The summed E-state index contributed by atoms with van der Waals surface area (Å²) in [6, 6.07) is 8.66. The largest absolute Gasteiger partial charge is 0.298 e. The Bertz CT molecular complexity index is 559. The molecule has 1 aromatic rings. The van der Waals surface area contributed by atoms with Crippen LogP contribution in [0.3, 0.4) is 0 Å². The lowest BCUT2D eigenvalue weighted by atomic mass is 9.63. The Morgan fingerprint density at radius 2 is 1.55 bits per heavy atom. The number of Topliss-reactive ketones (excluding diaryl/α,β-unsaturated/α-hetero) is 1. The molecule has 1 heteroatoms. The van der Waals surface area contributed by atoms with Crippen LogP contribution < -0.4 is 0 Å². The molecule has 1 saturated carbocycles. The maximum absolute atomic E-state index is 13.0. The van der Waals surface area contributed by atoms with E-state index in [1.54, 1.807) is 0 Å². The number of ketones is 1. The highest BCUT2D eigenvalue weighted by Gasteiger charge is 2.42. The second-order valence-corrected chi connectivity index (χ2v) is 6.64. The van der Waals surface area contributed by atoms with Crippen molar-refractivity contribution < 1.29 is 4.79 Å². The first-order valence-corrected chi connectivity index (χ1v) is 7.90. The zero-order valence-electron chi connectivity index (χ0n) is 12.7. The molecule has 20 heavy (non-hydrogen) atoms. The van der Waals surface area contributed by atoms with Crippen molar-refractivity contribution in [1.82, 2.24) is 0 Å². The quantitative estimate of drug-likeness (QED) is 0.621. The molecule has 2 aliphatic carbocycles. The van der Waals surface area contributed by atoms with Crippen molar-refractivity contribution in [2.45, 2.75) is 64.2 Å². The van der Waals surface area contributed by atoms with Crippen LogP contribution in [0.5, 0.6) is 0 Å². The van der Waals surface area contributed by atoms with Crippen LogP contribution in [0.2, 0.25) is 0 Å². The average Bonchev–Trinajstić information content (AvgIpc) is 2.47. The van der Waals surface area contributed by atoms with Crippen LogP contribution in [0.4, 0.5) is 0 Å². The summed E-state index contributed by atoms with van der Waals surface area (Å²) >= 11 is 0. The Morgan fingerprint density at radius 1 is 0.900 bits per heavy atom. The van der Waals surface area contributed by atoms with Gasteiger partial charge in [-0.15, -0.1) is 0 Å². The molecule has 2 aliphatic rings. The number of hydrogen-bond acceptors (Lipinski definition) is 1. The fourth-order valence-electron chi connectivity index (χ4n) is 3.99. The summed E-state index contributed by atoms with van der Waals surface area (Å²) in [6.07, 6.45) is 7.44. The van der Waals surface area contributed by atoms with Gasteiger partial charge in [-0.25, -0.2) is 0 Å². The molecule has 0 saturated heterocycles. The lowest BCUT2D eigenvalue weighted by molar-refractivity contribution is -0.125. The summed E-state index contributed by atoms with van der Waals surface area (Å²) in [5.74, 6) is 0.459. The third kappa shape index (κ3) is 2.13. The molecule has 0 unspecified atom stereocenters. The lowest BCUT2D eigenvalue weighted by Crippen LogP contribution is -2.39. The van der Waals surface area contributed by atoms with Crippen molar-refractivity contribution in [3.05, 3.63) is 46.5 Å². The fourth-order valence-corrected chi connectivity index (χ4v) is 3.99. The van der Waals surface area contributed by atoms with Crippen LogP contribution in [0.15, 0.2) is 35.4 Å². The number of fused-ring (bicyclic) bond motifs is 2. The van der Waals surface area contributed by atoms with Crippen LogP contribution in [-0.4, -0.2) is 5.78 Å². The molecule has 0 aliphatic heterocycles. The molecule has 3 rings (SSSR count). The summed E-state index contributed by atoms with van der Waals surface area (Å²) in [6.45, 7) is 4.32. The highest BCUT2D eigenvalue weighted by atomic mass is 16.1. The van der Waals surface area contributed by atoms with Crippen LogP contribution >= 0.6 is 0 Å². The number of hydrogen-bond donors (Lipinski definition) is 0. The Balaban J connectivity index is 2.17. The third-order valence-corrected chi connectivity index (χ3v) is 5.38. The van der Waals surface area contributed by atoms with Crippen molar-refractivity contribution >= 4 is 5.78 Å². The predicted octanol–water partition coefficient (Wildman–Crippen LogP) is 4.74. The molecule has 0 heterocycles. The van der Waals surface area contributed by atoms with Crippen molar-refractivity contribution in [3.63, 3.8) is 0 Å². The highest BCUT2D eigenvalue weighted by molar-refractivity contribution is 5.92. The van der Waals surface area contributed by atoms with Crippen LogP contribution in [0, 0.1) is 0 Å². The maximum Gasteiger partial charge on any atom is 0.147 e. The van der Waals surface area contributed by atoms with Gasteiger partial charge in [-0.05, 0) is 44.2 Å². The number of benzene rings is 1. The van der Waals surface area contributed by atoms with Gasteiger partial charge < -0.3 is 0 Å². The van der Waals surface area contributed by atoms with E-state index in [1.807, 2.05) is 0 Å². The van der Waals surface area contributed by atoms with Crippen molar-refractivity contribution in [2.24, 2.45) is 0 Å². The van der Waals surface area contributed by atoms with Crippen LogP contribution in [0.25, 0.3) is 0 Å². The molecule has 0 atom stereocenters. The lowest BCUT2D eigenvalue weighted by Gasteiger charge is -2.39.